The Hall–Kier alpha value is -5.20. The van der Waals surface area contributed by atoms with Gasteiger partial charge in [-0.2, -0.15) is 5.10 Å². The van der Waals surface area contributed by atoms with Gasteiger partial charge in [-0.25, -0.2) is 22.9 Å². The van der Waals surface area contributed by atoms with E-state index in [9.17, 15) is 23.1 Å². The molecule has 18 heteroatoms. The molecule has 5 aromatic rings. The van der Waals surface area contributed by atoms with Gasteiger partial charge in [-0.3, -0.25) is 14.8 Å². The number of carbonyl (C=O) groups excluding carboxylic acids is 1. The highest BCUT2D eigenvalue weighted by atomic mass is 35.5. The lowest BCUT2D eigenvalue weighted by molar-refractivity contribution is -0.0412. The van der Waals surface area contributed by atoms with Crippen molar-refractivity contribution >= 4 is 67.1 Å². The van der Waals surface area contributed by atoms with E-state index >= 15 is 0 Å². The van der Waals surface area contributed by atoms with Crippen LogP contribution in [-0.4, -0.2) is 116 Å². The third kappa shape index (κ3) is 9.81. The molecule has 322 valence electrons. The van der Waals surface area contributed by atoms with E-state index in [4.69, 9.17) is 25.8 Å². The van der Waals surface area contributed by atoms with Crippen LogP contribution in [0.3, 0.4) is 0 Å². The van der Waals surface area contributed by atoms with Crippen molar-refractivity contribution in [2.24, 2.45) is 5.41 Å². The van der Waals surface area contributed by atoms with Crippen molar-refractivity contribution in [2.45, 2.75) is 50.3 Å². The summed E-state index contributed by atoms with van der Waals surface area (Å²) in [6.45, 7) is 10.8. The first-order valence-electron chi connectivity index (χ1n) is 20.2. The molecular formula is C43H48ClN7O8S2. The Morgan fingerprint density at radius 2 is 1.85 bits per heavy atom. The number of rotatable bonds is 12. The van der Waals surface area contributed by atoms with Crippen LogP contribution >= 0.6 is 22.9 Å². The van der Waals surface area contributed by atoms with Gasteiger partial charge in [0, 0.05) is 56.0 Å². The van der Waals surface area contributed by atoms with E-state index in [-0.39, 0.29) is 58.1 Å². The summed E-state index contributed by atoms with van der Waals surface area (Å²) < 4.78 is 47.3. The van der Waals surface area contributed by atoms with Gasteiger partial charge in [0.2, 0.25) is 0 Å². The smallest absolute Gasteiger partial charge is 0.407 e. The molecule has 0 unspecified atom stereocenters. The van der Waals surface area contributed by atoms with E-state index in [1.54, 1.807) is 30.5 Å². The van der Waals surface area contributed by atoms with Gasteiger partial charge in [-0.05, 0) is 79.1 Å². The topological polar surface area (TPSA) is 180 Å². The number of morpholine rings is 1. The SMILES string of the molecule is Cc1nc(OC[C@@H]2CN(C(=O)O)CCO2)sc1S(=O)(=O)NC(=O)c1ccc(N2CCN(CC3=C(c4ccc(Cl)cc4)CC(C)(C)CC3)CC2)cc1Oc1cccc2[nH]ncc12. The third-order valence-electron chi connectivity index (χ3n) is 11.4. The van der Waals surface area contributed by atoms with Gasteiger partial charge in [0.15, 0.2) is 4.21 Å². The molecule has 3 N–H and O–H groups in total. The number of H-pyrrole nitrogens is 1. The molecule has 0 radical (unpaired) electrons. The molecular weight excluding hydrogens is 842 g/mol. The summed E-state index contributed by atoms with van der Waals surface area (Å²) in [5, 5.41) is 17.9. The number of allylic oxidation sites excluding steroid dienone is 1. The van der Waals surface area contributed by atoms with Gasteiger partial charge in [-0.1, -0.05) is 60.6 Å². The number of hydrogen-bond acceptors (Lipinski definition) is 12. The van der Waals surface area contributed by atoms with Crippen LogP contribution in [0, 0.1) is 12.3 Å². The lowest BCUT2D eigenvalue weighted by atomic mass is 9.72. The second kappa shape index (κ2) is 17.6. The van der Waals surface area contributed by atoms with Crippen molar-refractivity contribution in [1.82, 2.24) is 29.7 Å². The van der Waals surface area contributed by atoms with Crippen molar-refractivity contribution in [3.63, 3.8) is 0 Å². The van der Waals surface area contributed by atoms with Gasteiger partial charge in [0.05, 0.1) is 41.5 Å². The second-order valence-electron chi connectivity index (χ2n) is 16.4. The number of nitrogens with one attached hydrogen (secondary N) is 2. The van der Waals surface area contributed by atoms with E-state index in [0.29, 0.717) is 11.1 Å². The number of halogens is 1. The number of thiazole rings is 1. The highest BCUT2D eigenvalue weighted by Crippen LogP contribution is 2.43. The second-order valence-corrected chi connectivity index (χ2v) is 19.7. The zero-order valence-corrected chi connectivity index (χ0v) is 36.5. The third-order valence-corrected chi connectivity index (χ3v) is 14.7. The zero-order valence-electron chi connectivity index (χ0n) is 34.1. The number of fused-ring (bicyclic) bond motifs is 1. The Morgan fingerprint density at radius 1 is 1.07 bits per heavy atom. The number of piperazine rings is 1. The van der Waals surface area contributed by atoms with Crippen LogP contribution in [-0.2, 0) is 14.8 Å². The number of aryl methyl sites for hydroxylation is 1. The Labute approximate surface area is 363 Å². The van der Waals surface area contributed by atoms with Crippen LogP contribution in [0.25, 0.3) is 16.5 Å². The lowest BCUT2D eigenvalue weighted by Gasteiger charge is -2.39. The van der Waals surface area contributed by atoms with Crippen LogP contribution in [0.4, 0.5) is 10.5 Å². The summed E-state index contributed by atoms with van der Waals surface area (Å²) in [5.41, 5.74) is 6.09. The summed E-state index contributed by atoms with van der Waals surface area (Å²) in [6.07, 6.45) is 3.24. The first-order valence-corrected chi connectivity index (χ1v) is 22.8. The van der Waals surface area contributed by atoms with E-state index < -0.39 is 28.1 Å². The van der Waals surface area contributed by atoms with Crippen molar-refractivity contribution in [2.75, 3.05) is 63.9 Å². The molecule has 0 spiro atoms. The molecule has 3 aliphatic rings. The molecule has 2 saturated heterocycles. The van der Waals surface area contributed by atoms with Gasteiger partial charge in [-0.15, -0.1) is 0 Å². The fraction of sp³-hybridized carbons (Fsp3) is 0.395. The summed E-state index contributed by atoms with van der Waals surface area (Å²) in [7, 11) is -4.41. The van der Waals surface area contributed by atoms with Crippen molar-refractivity contribution < 1.29 is 37.3 Å². The molecule has 1 aliphatic carbocycles. The van der Waals surface area contributed by atoms with Crippen molar-refractivity contribution in [3.05, 3.63) is 94.3 Å². The van der Waals surface area contributed by atoms with E-state index in [0.717, 1.165) is 79.5 Å². The molecule has 2 aromatic heterocycles. The van der Waals surface area contributed by atoms with Gasteiger partial charge in [0.25, 0.3) is 21.1 Å². The minimum atomic E-state index is -4.41. The van der Waals surface area contributed by atoms with Gasteiger partial charge < -0.3 is 29.1 Å². The van der Waals surface area contributed by atoms with Crippen LogP contribution in [0.15, 0.2) is 76.6 Å². The minimum Gasteiger partial charge on any atom is -0.467 e. The molecule has 8 rings (SSSR count). The van der Waals surface area contributed by atoms with E-state index in [1.807, 2.05) is 24.3 Å². The maximum atomic E-state index is 14.0. The maximum Gasteiger partial charge on any atom is 0.407 e. The largest absolute Gasteiger partial charge is 0.467 e. The van der Waals surface area contributed by atoms with Gasteiger partial charge >= 0.3 is 6.09 Å². The molecule has 1 atom stereocenters. The molecule has 4 heterocycles. The maximum absolute atomic E-state index is 14.0. The quantitative estimate of drug-likeness (QED) is 0.113. The first kappa shape index (κ1) is 42.5. The number of aromatic amines is 1. The average molecular weight is 890 g/mol. The van der Waals surface area contributed by atoms with E-state index in [1.165, 1.54) is 28.5 Å². The number of carbonyl (C=O) groups is 2. The summed E-state index contributed by atoms with van der Waals surface area (Å²) in [6, 6.07) is 18.8. The fourth-order valence-corrected chi connectivity index (χ4v) is 10.5. The van der Waals surface area contributed by atoms with E-state index in [2.05, 4.69) is 55.7 Å². The Kier molecular flexibility index (Phi) is 12.3. The molecule has 2 fully saturated rings. The predicted octanol–water partition coefficient (Wildman–Crippen LogP) is 7.44. The highest BCUT2D eigenvalue weighted by Gasteiger charge is 2.31. The molecule has 61 heavy (non-hydrogen) atoms. The standard InChI is InChI=1S/C43H48ClN7O8S2/c1-27-40(60-41(46-27)58-26-32-25-51(42(53)54)19-20-57-32)61(55,56)48-39(52)33-12-11-31(21-38(33)59-37-6-4-5-36-35(37)23-45-47-36)50-17-15-49(16-18-50)24-29-13-14-43(2,3)22-34(29)28-7-9-30(44)10-8-28/h4-12,21,23,32H,13-20,22,24-26H2,1-3H3,(H,45,47)(H,48,52)(H,53,54)/t32-/m0/s1. The molecule has 0 saturated carbocycles. The number of hydrogen-bond donors (Lipinski definition) is 3. The van der Waals surface area contributed by atoms with Crippen LogP contribution in [0.2, 0.25) is 5.02 Å². The first-order chi connectivity index (χ1) is 29.2. The molecule has 2 aliphatic heterocycles. The molecule has 2 amide bonds. The van der Waals surface area contributed by atoms with Crippen LogP contribution in [0.1, 0.15) is 54.7 Å². The monoisotopic (exact) mass is 889 g/mol. The highest BCUT2D eigenvalue weighted by molar-refractivity contribution is 7.92. The molecule has 3 aromatic carbocycles. The van der Waals surface area contributed by atoms with Gasteiger partial charge in [0.1, 0.15) is 24.2 Å². The molecule has 15 nitrogen and oxygen atoms in total. The summed E-state index contributed by atoms with van der Waals surface area (Å²) in [4.78, 5) is 35.6. The lowest BCUT2D eigenvalue weighted by Crippen LogP contribution is -2.47. The minimum absolute atomic E-state index is 0.0180. The Bertz CT molecular complexity index is 2570. The number of sulfonamides is 1. The van der Waals surface area contributed by atoms with Crippen molar-refractivity contribution in [1.29, 1.82) is 0 Å². The Balaban J connectivity index is 0.987. The van der Waals surface area contributed by atoms with Crippen LogP contribution < -0.4 is 19.1 Å². The Morgan fingerprint density at radius 3 is 2.62 bits per heavy atom. The number of carboxylic acid groups (broad SMARTS) is 1. The van der Waals surface area contributed by atoms with Crippen molar-refractivity contribution in [3.8, 4) is 16.7 Å². The fourth-order valence-electron chi connectivity index (χ4n) is 8.08. The number of ether oxygens (including phenoxy) is 3. The predicted molar refractivity (Wildman–Crippen MR) is 234 cm³/mol. The van der Waals surface area contributed by atoms with Crippen LogP contribution in [0.5, 0.6) is 16.7 Å². The molecule has 0 bridgehead atoms. The number of aromatic nitrogens is 3. The summed E-state index contributed by atoms with van der Waals surface area (Å²) >= 11 is 7.00. The number of amides is 2. The zero-order chi connectivity index (χ0) is 42.9. The summed E-state index contributed by atoms with van der Waals surface area (Å²) in [5.74, 6) is -0.262. The normalized spacial score (nSPS) is 18.7. The number of benzene rings is 3. The average Bonchev–Trinajstić information content (AvgIpc) is 3.89. The number of nitrogens with zero attached hydrogens (tertiary/aromatic N) is 5. The number of anilines is 1.